The zero-order valence-corrected chi connectivity index (χ0v) is 12.9. The minimum atomic E-state index is -0.526. The van der Waals surface area contributed by atoms with E-state index in [9.17, 15) is 4.79 Å². The van der Waals surface area contributed by atoms with Gasteiger partial charge in [-0.15, -0.1) is 0 Å². The minimum Gasteiger partial charge on any atom is -0.481 e. The van der Waals surface area contributed by atoms with E-state index < -0.39 is 6.10 Å². The highest BCUT2D eigenvalue weighted by Gasteiger charge is 2.33. The molecule has 2 aliphatic rings. The fraction of sp³-hybridized carbons (Fsp3) is 0.529. The largest absolute Gasteiger partial charge is 0.481 e. The number of carbonyl (C=O) groups is 1. The van der Waals surface area contributed by atoms with Crippen molar-refractivity contribution < 1.29 is 9.53 Å². The van der Waals surface area contributed by atoms with E-state index in [1.54, 1.807) is 31.2 Å². The molecule has 1 atom stereocenters. The van der Waals surface area contributed by atoms with Crippen LogP contribution in [0.3, 0.4) is 0 Å². The molecule has 0 aromatic heterocycles. The van der Waals surface area contributed by atoms with Gasteiger partial charge in [0.2, 0.25) is 0 Å². The number of nitriles is 1. The van der Waals surface area contributed by atoms with Gasteiger partial charge in [0, 0.05) is 32.2 Å². The highest BCUT2D eigenvalue weighted by Crippen LogP contribution is 2.27. The summed E-state index contributed by atoms with van der Waals surface area (Å²) in [7, 11) is 0. The molecule has 0 N–H and O–H groups in total. The number of rotatable bonds is 4. The molecule has 3 rings (SSSR count). The first-order valence-corrected chi connectivity index (χ1v) is 7.87. The first kappa shape index (κ1) is 14.9. The number of carbonyl (C=O) groups excluding carboxylic acids is 1. The molecular formula is C17H21N3O2. The number of piperazine rings is 1. The zero-order valence-electron chi connectivity index (χ0n) is 12.9. The molecule has 0 spiro atoms. The van der Waals surface area contributed by atoms with Gasteiger partial charge in [-0.1, -0.05) is 6.07 Å². The lowest BCUT2D eigenvalue weighted by Crippen LogP contribution is -2.52. The van der Waals surface area contributed by atoms with Gasteiger partial charge in [0.25, 0.3) is 5.91 Å². The van der Waals surface area contributed by atoms with E-state index in [0.717, 1.165) is 32.2 Å². The molecular weight excluding hydrogens is 278 g/mol. The number of benzene rings is 1. The van der Waals surface area contributed by atoms with Crippen molar-refractivity contribution in [2.24, 2.45) is 0 Å². The van der Waals surface area contributed by atoms with Gasteiger partial charge in [-0.2, -0.15) is 5.26 Å². The van der Waals surface area contributed by atoms with Crippen LogP contribution in [0.2, 0.25) is 0 Å². The third-order valence-corrected chi connectivity index (χ3v) is 4.31. The Morgan fingerprint density at radius 3 is 2.68 bits per heavy atom. The summed E-state index contributed by atoms with van der Waals surface area (Å²) in [6, 6.07) is 9.75. The topological polar surface area (TPSA) is 56.6 Å². The van der Waals surface area contributed by atoms with Crippen LogP contribution in [0.5, 0.6) is 5.75 Å². The van der Waals surface area contributed by atoms with E-state index in [1.165, 1.54) is 12.8 Å². The van der Waals surface area contributed by atoms with E-state index in [1.807, 2.05) is 4.90 Å². The maximum atomic E-state index is 12.5. The highest BCUT2D eigenvalue weighted by atomic mass is 16.5. The quantitative estimate of drug-likeness (QED) is 0.848. The molecule has 22 heavy (non-hydrogen) atoms. The van der Waals surface area contributed by atoms with Crippen LogP contribution < -0.4 is 4.74 Å². The predicted molar refractivity (Wildman–Crippen MR) is 82.4 cm³/mol. The summed E-state index contributed by atoms with van der Waals surface area (Å²) < 4.78 is 5.70. The van der Waals surface area contributed by atoms with Crippen molar-refractivity contribution in [1.29, 1.82) is 5.26 Å². The standard InChI is InChI=1S/C17H21N3O2/c1-13(22-16-4-2-3-14(11-16)12-18)17(21)20-9-7-19(8-10-20)15-5-6-15/h2-4,11,13,15H,5-10H2,1H3/t13-/m0/s1. The molecule has 2 fully saturated rings. The van der Waals surface area contributed by atoms with Gasteiger partial charge >= 0.3 is 0 Å². The number of hydrogen-bond acceptors (Lipinski definition) is 4. The van der Waals surface area contributed by atoms with Crippen molar-refractivity contribution in [2.45, 2.75) is 31.9 Å². The Morgan fingerprint density at radius 1 is 1.32 bits per heavy atom. The molecule has 1 aliphatic carbocycles. The molecule has 116 valence electrons. The molecule has 1 aromatic carbocycles. The molecule has 0 bridgehead atoms. The fourth-order valence-electron chi connectivity index (χ4n) is 2.90. The highest BCUT2D eigenvalue weighted by molar-refractivity contribution is 5.81. The van der Waals surface area contributed by atoms with Crippen LogP contribution >= 0.6 is 0 Å². The van der Waals surface area contributed by atoms with E-state index in [-0.39, 0.29) is 5.91 Å². The van der Waals surface area contributed by atoms with Gasteiger partial charge in [-0.3, -0.25) is 9.69 Å². The molecule has 0 unspecified atom stereocenters. The molecule has 1 aliphatic heterocycles. The second-order valence-corrected chi connectivity index (χ2v) is 5.99. The summed E-state index contributed by atoms with van der Waals surface area (Å²) in [5.74, 6) is 0.592. The summed E-state index contributed by atoms with van der Waals surface area (Å²) in [6.07, 6.45) is 2.09. The Kier molecular flexibility index (Phi) is 4.30. The van der Waals surface area contributed by atoms with Crippen molar-refractivity contribution in [2.75, 3.05) is 26.2 Å². The molecule has 1 heterocycles. The lowest BCUT2D eigenvalue weighted by Gasteiger charge is -2.35. The van der Waals surface area contributed by atoms with E-state index in [0.29, 0.717) is 11.3 Å². The second kappa shape index (κ2) is 6.37. The van der Waals surface area contributed by atoms with Crippen molar-refractivity contribution in [3.05, 3.63) is 29.8 Å². The fourth-order valence-corrected chi connectivity index (χ4v) is 2.90. The minimum absolute atomic E-state index is 0.0257. The average Bonchev–Trinajstić information content (AvgIpc) is 3.39. The van der Waals surface area contributed by atoms with Gasteiger partial charge in [-0.25, -0.2) is 0 Å². The van der Waals surface area contributed by atoms with Gasteiger partial charge in [-0.05, 0) is 38.0 Å². The normalized spacial score (nSPS) is 20.3. The van der Waals surface area contributed by atoms with Gasteiger partial charge in [0.05, 0.1) is 11.6 Å². The van der Waals surface area contributed by atoms with Crippen molar-refractivity contribution in [1.82, 2.24) is 9.80 Å². The summed E-state index contributed by atoms with van der Waals surface area (Å²) in [4.78, 5) is 16.8. The summed E-state index contributed by atoms with van der Waals surface area (Å²) in [5.41, 5.74) is 0.537. The maximum absolute atomic E-state index is 12.5. The Hall–Kier alpha value is -2.06. The van der Waals surface area contributed by atoms with Crippen LogP contribution in [0, 0.1) is 11.3 Å². The molecule has 5 nitrogen and oxygen atoms in total. The van der Waals surface area contributed by atoms with Crippen LogP contribution in [0.25, 0.3) is 0 Å². The third kappa shape index (κ3) is 3.40. The van der Waals surface area contributed by atoms with Crippen LogP contribution in [0.4, 0.5) is 0 Å². The monoisotopic (exact) mass is 299 g/mol. The van der Waals surface area contributed by atoms with E-state index >= 15 is 0 Å². The second-order valence-electron chi connectivity index (χ2n) is 5.99. The molecule has 1 amide bonds. The zero-order chi connectivity index (χ0) is 15.5. The van der Waals surface area contributed by atoms with Gasteiger partial charge in [0.15, 0.2) is 6.10 Å². The van der Waals surface area contributed by atoms with Crippen molar-refractivity contribution >= 4 is 5.91 Å². The van der Waals surface area contributed by atoms with Crippen LogP contribution in [-0.2, 0) is 4.79 Å². The molecule has 1 aromatic rings. The molecule has 5 heteroatoms. The number of hydrogen-bond donors (Lipinski definition) is 0. The van der Waals surface area contributed by atoms with E-state index in [4.69, 9.17) is 10.00 Å². The van der Waals surface area contributed by atoms with Crippen LogP contribution in [0.1, 0.15) is 25.3 Å². The predicted octanol–water partition coefficient (Wildman–Crippen LogP) is 1.63. The van der Waals surface area contributed by atoms with E-state index in [2.05, 4.69) is 11.0 Å². The summed E-state index contributed by atoms with van der Waals surface area (Å²) in [5, 5.41) is 8.90. The van der Waals surface area contributed by atoms with Crippen molar-refractivity contribution in [3.63, 3.8) is 0 Å². The Morgan fingerprint density at radius 2 is 2.05 bits per heavy atom. The molecule has 1 saturated heterocycles. The molecule has 1 saturated carbocycles. The number of amides is 1. The Labute approximate surface area is 131 Å². The van der Waals surface area contributed by atoms with Gasteiger partial charge in [0.1, 0.15) is 5.75 Å². The lowest BCUT2D eigenvalue weighted by atomic mass is 10.2. The van der Waals surface area contributed by atoms with Gasteiger partial charge < -0.3 is 9.64 Å². The van der Waals surface area contributed by atoms with Crippen LogP contribution in [-0.4, -0.2) is 54.0 Å². The first-order chi connectivity index (χ1) is 10.7. The van der Waals surface area contributed by atoms with Crippen LogP contribution in [0.15, 0.2) is 24.3 Å². The maximum Gasteiger partial charge on any atom is 0.263 e. The Balaban J connectivity index is 1.54. The smallest absolute Gasteiger partial charge is 0.263 e. The SMILES string of the molecule is C[C@H](Oc1cccc(C#N)c1)C(=O)N1CCN(C2CC2)CC1. The average molecular weight is 299 g/mol. The summed E-state index contributed by atoms with van der Waals surface area (Å²) in [6.45, 7) is 5.26. The number of ether oxygens (including phenoxy) is 1. The Bertz CT molecular complexity index is 584. The number of nitrogens with zero attached hydrogens (tertiary/aromatic N) is 3. The lowest BCUT2D eigenvalue weighted by molar-refractivity contribution is -0.139. The summed E-state index contributed by atoms with van der Waals surface area (Å²) >= 11 is 0. The third-order valence-electron chi connectivity index (χ3n) is 4.31. The van der Waals surface area contributed by atoms with Crippen molar-refractivity contribution in [3.8, 4) is 11.8 Å². The first-order valence-electron chi connectivity index (χ1n) is 7.87. The molecule has 0 radical (unpaired) electrons.